The molecule has 6 heteroatoms. The summed E-state index contributed by atoms with van der Waals surface area (Å²) >= 11 is 0. The van der Waals surface area contributed by atoms with Crippen LogP contribution in [-0.2, 0) is 6.18 Å². The van der Waals surface area contributed by atoms with E-state index in [9.17, 15) is 13.2 Å². The molecule has 0 atom stereocenters. The molecule has 0 spiro atoms. The zero-order chi connectivity index (χ0) is 14.0. The van der Waals surface area contributed by atoms with Crippen molar-refractivity contribution in [1.29, 1.82) is 0 Å². The Labute approximate surface area is 114 Å². The third-order valence-electron chi connectivity index (χ3n) is 5.05. The fourth-order valence-electron chi connectivity index (χ4n) is 3.86. The molecule has 5 rings (SSSR count). The average Bonchev–Trinajstić information content (AvgIpc) is 2.21. The second-order valence-electron chi connectivity index (χ2n) is 6.42. The van der Waals surface area contributed by atoms with E-state index in [2.05, 4.69) is 10.3 Å². The normalized spacial score (nSPS) is 35.8. The van der Waals surface area contributed by atoms with Crippen LogP contribution in [0.1, 0.15) is 24.8 Å². The summed E-state index contributed by atoms with van der Waals surface area (Å²) in [5.74, 6) is 1.06. The van der Waals surface area contributed by atoms with Gasteiger partial charge in [-0.25, -0.2) is 4.98 Å². The van der Waals surface area contributed by atoms with Crippen LogP contribution in [-0.4, -0.2) is 23.7 Å². The number of hydrogen-bond acceptors (Lipinski definition) is 3. The average molecular weight is 284 g/mol. The molecule has 0 amide bonds. The van der Waals surface area contributed by atoms with Gasteiger partial charge in [-0.3, -0.25) is 0 Å². The highest BCUT2D eigenvalue weighted by Crippen LogP contribution is 2.72. The minimum Gasteiger partial charge on any atom is -0.471 e. The summed E-state index contributed by atoms with van der Waals surface area (Å²) in [7, 11) is 0. The molecule has 1 saturated heterocycles. The van der Waals surface area contributed by atoms with Crippen molar-refractivity contribution in [3.8, 4) is 5.88 Å². The summed E-state index contributed by atoms with van der Waals surface area (Å²) in [6.07, 6.45) is -0.436. The van der Waals surface area contributed by atoms with Crippen molar-refractivity contribution in [2.45, 2.75) is 31.0 Å². The molecule has 3 saturated carbocycles. The van der Waals surface area contributed by atoms with Crippen molar-refractivity contribution in [1.82, 2.24) is 10.3 Å². The van der Waals surface area contributed by atoms with Gasteiger partial charge in [0.05, 0.1) is 5.56 Å². The van der Waals surface area contributed by atoms with Crippen molar-refractivity contribution in [3.63, 3.8) is 0 Å². The molecule has 1 aromatic rings. The minimum absolute atomic E-state index is 0.150. The molecular formula is C14H15F3N2O. The molecule has 108 valence electrons. The van der Waals surface area contributed by atoms with Crippen LogP contribution in [0.4, 0.5) is 13.2 Å². The summed E-state index contributed by atoms with van der Waals surface area (Å²) in [5.41, 5.74) is -0.445. The first-order chi connectivity index (χ1) is 9.41. The van der Waals surface area contributed by atoms with E-state index in [1.807, 2.05) is 0 Å². The van der Waals surface area contributed by atoms with Crippen molar-refractivity contribution in [2.24, 2.45) is 11.3 Å². The lowest BCUT2D eigenvalue weighted by atomic mass is 9.36. The van der Waals surface area contributed by atoms with E-state index < -0.39 is 11.7 Å². The second kappa shape index (κ2) is 3.67. The predicted molar refractivity (Wildman–Crippen MR) is 65.2 cm³/mol. The number of aromatic nitrogens is 1. The largest absolute Gasteiger partial charge is 0.471 e. The number of alkyl halides is 3. The van der Waals surface area contributed by atoms with Gasteiger partial charge < -0.3 is 10.1 Å². The molecule has 2 bridgehead atoms. The number of pyridine rings is 1. The first-order valence-corrected chi connectivity index (χ1v) is 6.84. The Morgan fingerprint density at radius 1 is 1.20 bits per heavy atom. The molecular weight excluding hydrogens is 269 g/mol. The van der Waals surface area contributed by atoms with Crippen molar-refractivity contribution in [2.75, 3.05) is 13.1 Å². The molecule has 0 aromatic carbocycles. The summed E-state index contributed by atoms with van der Waals surface area (Å²) in [6, 6.07) is 2.35. The zero-order valence-corrected chi connectivity index (χ0v) is 10.8. The molecule has 4 aliphatic rings. The topological polar surface area (TPSA) is 34.1 Å². The smallest absolute Gasteiger partial charge is 0.417 e. The molecule has 3 aliphatic carbocycles. The third kappa shape index (κ3) is 1.67. The number of rotatable bonds is 3. The van der Waals surface area contributed by atoms with Gasteiger partial charge in [0.2, 0.25) is 5.88 Å². The fourth-order valence-corrected chi connectivity index (χ4v) is 3.86. The lowest BCUT2D eigenvalue weighted by Crippen LogP contribution is -2.76. The van der Waals surface area contributed by atoms with E-state index in [0.717, 1.165) is 50.5 Å². The van der Waals surface area contributed by atoms with E-state index in [1.165, 1.54) is 6.07 Å². The van der Waals surface area contributed by atoms with Crippen LogP contribution >= 0.6 is 0 Å². The zero-order valence-electron chi connectivity index (χ0n) is 10.8. The third-order valence-corrected chi connectivity index (χ3v) is 5.05. The monoisotopic (exact) mass is 284 g/mol. The Morgan fingerprint density at radius 3 is 2.35 bits per heavy atom. The Balaban J connectivity index is 1.39. The highest BCUT2D eigenvalue weighted by Gasteiger charge is 2.73. The molecule has 3 nitrogen and oxygen atoms in total. The van der Waals surface area contributed by atoms with Gasteiger partial charge in [-0.2, -0.15) is 13.2 Å². The SMILES string of the molecule is FC(F)(F)c1ccc(OC23CC(C4CNC4)(C2)C3)nc1. The maximum absolute atomic E-state index is 12.4. The van der Waals surface area contributed by atoms with Crippen molar-refractivity contribution >= 4 is 0 Å². The van der Waals surface area contributed by atoms with Crippen molar-refractivity contribution < 1.29 is 17.9 Å². The van der Waals surface area contributed by atoms with Gasteiger partial charge in [0.25, 0.3) is 0 Å². The lowest BCUT2D eigenvalue weighted by Gasteiger charge is -2.73. The Hall–Kier alpha value is -1.30. The number of ether oxygens (including phenoxy) is 1. The van der Waals surface area contributed by atoms with Crippen LogP contribution in [0.25, 0.3) is 0 Å². The fraction of sp³-hybridized carbons (Fsp3) is 0.643. The number of nitrogens with one attached hydrogen (secondary N) is 1. The predicted octanol–water partition coefficient (Wildman–Crippen LogP) is 2.62. The molecule has 2 heterocycles. The first kappa shape index (κ1) is 12.4. The number of halogens is 3. The highest BCUT2D eigenvalue weighted by molar-refractivity contribution is 5.28. The molecule has 1 aliphatic heterocycles. The van der Waals surface area contributed by atoms with E-state index in [4.69, 9.17) is 4.74 Å². The van der Waals surface area contributed by atoms with E-state index >= 15 is 0 Å². The van der Waals surface area contributed by atoms with Crippen LogP contribution in [0.3, 0.4) is 0 Å². The maximum atomic E-state index is 12.4. The van der Waals surface area contributed by atoms with E-state index in [1.54, 1.807) is 0 Å². The molecule has 20 heavy (non-hydrogen) atoms. The van der Waals surface area contributed by atoms with Gasteiger partial charge in [-0.15, -0.1) is 0 Å². The minimum atomic E-state index is -4.34. The quantitative estimate of drug-likeness (QED) is 0.926. The van der Waals surface area contributed by atoms with Gasteiger partial charge in [0.1, 0.15) is 5.60 Å². The number of nitrogens with zero attached hydrogens (tertiary/aromatic N) is 1. The highest BCUT2D eigenvalue weighted by atomic mass is 19.4. The standard InChI is InChI=1S/C14H15F3N2O/c15-14(16,17)9-1-2-11(19-5-9)20-13-6-12(7-13,8-13)10-3-18-4-10/h1-2,5,10,18H,3-4,6-8H2. The van der Waals surface area contributed by atoms with E-state index in [-0.39, 0.29) is 5.60 Å². The van der Waals surface area contributed by atoms with Crippen LogP contribution < -0.4 is 10.1 Å². The molecule has 1 N–H and O–H groups in total. The maximum Gasteiger partial charge on any atom is 0.417 e. The molecule has 4 fully saturated rings. The van der Waals surface area contributed by atoms with Gasteiger partial charge in [0, 0.05) is 12.3 Å². The van der Waals surface area contributed by atoms with Gasteiger partial charge in [-0.05, 0) is 49.8 Å². The van der Waals surface area contributed by atoms with Gasteiger partial charge in [-0.1, -0.05) is 0 Å². The lowest BCUT2D eigenvalue weighted by molar-refractivity contribution is -0.274. The summed E-state index contributed by atoms with van der Waals surface area (Å²) in [4.78, 5) is 3.78. The summed E-state index contributed by atoms with van der Waals surface area (Å²) < 4.78 is 43.1. The molecule has 0 radical (unpaired) electrons. The van der Waals surface area contributed by atoms with Crippen LogP contribution in [0.5, 0.6) is 5.88 Å². The van der Waals surface area contributed by atoms with E-state index in [0.29, 0.717) is 11.3 Å². The Morgan fingerprint density at radius 2 is 1.90 bits per heavy atom. The van der Waals surface area contributed by atoms with Crippen molar-refractivity contribution in [3.05, 3.63) is 23.9 Å². The van der Waals surface area contributed by atoms with Gasteiger partial charge in [0.15, 0.2) is 0 Å². The number of hydrogen-bond donors (Lipinski definition) is 1. The summed E-state index contributed by atoms with van der Waals surface area (Å²) in [6.45, 7) is 2.18. The Kier molecular flexibility index (Phi) is 2.28. The second-order valence-corrected chi connectivity index (χ2v) is 6.42. The van der Waals surface area contributed by atoms with Crippen LogP contribution in [0.15, 0.2) is 18.3 Å². The Bertz CT molecular complexity index is 517. The van der Waals surface area contributed by atoms with Crippen LogP contribution in [0, 0.1) is 11.3 Å². The molecule has 1 aromatic heterocycles. The summed E-state index contributed by atoms with van der Waals surface area (Å²) in [5, 5.41) is 3.28. The first-order valence-electron chi connectivity index (χ1n) is 6.84. The van der Waals surface area contributed by atoms with Crippen LogP contribution in [0.2, 0.25) is 0 Å². The van der Waals surface area contributed by atoms with Gasteiger partial charge >= 0.3 is 6.18 Å². The molecule has 0 unspecified atom stereocenters.